The fourth-order valence-corrected chi connectivity index (χ4v) is 6.67. The van der Waals surface area contributed by atoms with E-state index in [-0.39, 0.29) is 5.92 Å². The molecule has 0 spiro atoms. The van der Waals surface area contributed by atoms with Crippen LogP contribution < -0.4 is 0 Å². The second-order valence-corrected chi connectivity index (χ2v) is 10.1. The number of hydrogen-bond acceptors (Lipinski definition) is 2. The van der Waals surface area contributed by atoms with E-state index in [1.165, 1.54) is 64.2 Å². The predicted molar refractivity (Wildman–Crippen MR) is 104 cm³/mol. The van der Waals surface area contributed by atoms with E-state index in [0.29, 0.717) is 16.3 Å². The van der Waals surface area contributed by atoms with Crippen LogP contribution >= 0.6 is 0 Å². The molecule has 140 valence electrons. The van der Waals surface area contributed by atoms with E-state index in [1.54, 1.807) is 0 Å². The van der Waals surface area contributed by atoms with Gasteiger partial charge in [0.25, 0.3) is 0 Å². The number of unbranched alkanes of at least 4 members (excludes halogenated alkanes) is 9. The third kappa shape index (κ3) is 6.61. The molecule has 0 aromatic rings. The summed E-state index contributed by atoms with van der Waals surface area (Å²) in [5.41, 5.74) is 0. The highest BCUT2D eigenvalue weighted by Crippen LogP contribution is 2.37. The second kappa shape index (κ2) is 11.4. The standard InChI is InChI=1S/C21H38O2S/c1-2-3-4-5-6-7-8-9-10-11-15-21(22)18-16-19-13-12-14-20(17-18)24(19)23/h18-20H,2-17H2,1H3. The van der Waals surface area contributed by atoms with Crippen LogP contribution in [-0.4, -0.2) is 20.5 Å². The smallest absolute Gasteiger partial charge is 0.136 e. The zero-order chi connectivity index (χ0) is 17.2. The Morgan fingerprint density at radius 2 is 1.33 bits per heavy atom. The third-order valence-corrected chi connectivity index (χ3v) is 8.21. The van der Waals surface area contributed by atoms with Gasteiger partial charge in [-0.1, -0.05) is 71.1 Å². The molecule has 2 unspecified atom stereocenters. The highest BCUT2D eigenvalue weighted by Gasteiger charge is 2.39. The van der Waals surface area contributed by atoms with Crippen molar-refractivity contribution in [3.05, 3.63) is 0 Å². The maximum absolute atomic E-state index is 12.5. The summed E-state index contributed by atoms with van der Waals surface area (Å²) < 4.78 is 12.2. The van der Waals surface area contributed by atoms with E-state index in [0.717, 1.165) is 38.5 Å². The Labute approximate surface area is 152 Å². The van der Waals surface area contributed by atoms with Gasteiger partial charge in [0.15, 0.2) is 0 Å². The molecular formula is C21H38O2S. The molecule has 2 atom stereocenters. The molecule has 0 N–H and O–H groups in total. The largest absolute Gasteiger partial charge is 0.299 e. The van der Waals surface area contributed by atoms with Gasteiger partial charge in [-0.15, -0.1) is 0 Å². The monoisotopic (exact) mass is 354 g/mol. The van der Waals surface area contributed by atoms with Gasteiger partial charge < -0.3 is 0 Å². The zero-order valence-electron chi connectivity index (χ0n) is 15.8. The lowest BCUT2D eigenvalue weighted by Crippen LogP contribution is -2.41. The molecule has 0 aromatic carbocycles. The maximum atomic E-state index is 12.5. The first-order valence-electron chi connectivity index (χ1n) is 10.6. The first-order valence-corrected chi connectivity index (χ1v) is 11.9. The van der Waals surface area contributed by atoms with Crippen LogP contribution in [0.4, 0.5) is 0 Å². The van der Waals surface area contributed by atoms with Gasteiger partial charge in [-0.2, -0.15) is 0 Å². The molecule has 0 aromatic heterocycles. The first-order chi connectivity index (χ1) is 11.7. The van der Waals surface area contributed by atoms with Gasteiger partial charge in [-0.05, 0) is 32.1 Å². The molecule has 0 aliphatic carbocycles. The van der Waals surface area contributed by atoms with Crippen LogP contribution in [0.2, 0.25) is 0 Å². The fraction of sp³-hybridized carbons (Fsp3) is 0.952. The van der Waals surface area contributed by atoms with Gasteiger partial charge in [-0.3, -0.25) is 9.00 Å². The highest BCUT2D eigenvalue weighted by atomic mass is 32.2. The van der Waals surface area contributed by atoms with Crippen molar-refractivity contribution in [2.75, 3.05) is 0 Å². The lowest BCUT2D eigenvalue weighted by atomic mass is 9.85. The minimum absolute atomic E-state index is 0.233. The van der Waals surface area contributed by atoms with Gasteiger partial charge in [0, 0.05) is 33.6 Å². The third-order valence-electron chi connectivity index (χ3n) is 6.04. The predicted octanol–water partition coefficient (Wildman–Crippen LogP) is 5.95. The minimum Gasteiger partial charge on any atom is -0.299 e. The van der Waals surface area contributed by atoms with Crippen LogP contribution in [0, 0.1) is 5.92 Å². The number of ketones is 1. The van der Waals surface area contributed by atoms with Crippen molar-refractivity contribution in [1.29, 1.82) is 0 Å². The molecule has 2 aliphatic rings. The van der Waals surface area contributed by atoms with Crippen LogP contribution in [0.3, 0.4) is 0 Å². The van der Waals surface area contributed by atoms with Crippen molar-refractivity contribution < 1.29 is 9.00 Å². The summed E-state index contributed by atoms with van der Waals surface area (Å²) in [6.07, 6.45) is 19.2. The number of fused-ring (bicyclic) bond motifs is 2. The lowest BCUT2D eigenvalue weighted by Gasteiger charge is -2.37. The normalized spacial score (nSPS) is 29.5. The van der Waals surface area contributed by atoms with Crippen LogP contribution in [-0.2, 0) is 15.6 Å². The highest BCUT2D eigenvalue weighted by molar-refractivity contribution is 7.86. The molecule has 0 amide bonds. The van der Waals surface area contributed by atoms with E-state index < -0.39 is 10.8 Å². The van der Waals surface area contributed by atoms with Crippen molar-refractivity contribution >= 4 is 16.6 Å². The second-order valence-electron chi connectivity index (χ2n) is 8.07. The first kappa shape index (κ1) is 20.1. The van der Waals surface area contributed by atoms with Crippen LogP contribution in [0.15, 0.2) is 0 Å². The summed E-state index contributed by atoms with van der Waals surface area (Å²) in [7, 11) is -0.640. The SMILES string of the molecule is CCCCCCCCCCCCC(=O)C1CC2CCCC(C1)S2=O. The zero-order valence-corrected chi connectivity index (χ0v) is 16.6. The summed E-state index contributed by atoms with van der Waals surface area (Å²) in [4.78, 5) is 12.5. The van der Waals surface area contributed by atoms with Gasteiger partial charge in [0.05, 0.1) is 0 Å². The number of rotatable bonds is 12. The van der Waals surface area contributed by atoms with Crippen LogP contribution in [0.25, 0.3) is 0 Å². The number of hydrogen-bond donors (Lipinski definition) is 0. The average molecular weight is 355 g/mol. The molecule has 0 saturated carbocycles. The summed E-state index contributed by atoms with van der Waals surface area (Å²) in [5.74, 6) is 0.708. The Morgan fingerprint density at radius 1 is 0.833 bits per heavy atom. The van der Waals surface area contributed by atoms with Crippen LogP contribution in [0.1, 0.15) is 110 Å². The van der Waals surface area contributed by atoms with E-state index in [4.69, 9.17) is 0 Å². The van der Waals surface area contributed by atoms with Crippen molar-refractivity contribution in [3.63, 3.8) is 0 Å². The van der Waals surface area contributed by atoms with Crippen molar-refractivity contribution in [2.45, 2.75) is 120 Å². The van der Waals surface area contributed by atoms with Crippen LogP contribution in [0.5, 0.6) is 0 Å². The lowest BCUT2D eigenvalue weighted by molar-refractivity contribution is -0.123. The maximum Gasteiger partial charge on any atom is 0.136 e. The minimum atomic E-state index is -0.640. The van der Waals surface area contributed by atoms with Crippen molar-refractivity contribution in [3.8, 4) is 0 Å². The van der Waals surface area contributed by atoms with Gasteiger partial charge in [0.1, 0.15) is 5.78 Å². The molecule has 2 bridgehead atoms. The van der Waals surface area contributed by atoms with Gasteiger partial charge in [0.2, 0.25) is 0 Å². The Hall–Kier alpha value is -0.180. The van der Waals surface area contributed by atoms with E-state index in [2.05, 4.69) is 6.92 Å². The molecule has 2 saturated heterocycles. The molecule has 0 radical (unpaired) electrons. The average Bonchev–Trinajstić information content (AvgIpc) is 2.56. The molecule has 2 aliphatic heterocycles. The van der Waals surface area contributed by atoms with Crippen molar-refractivity contribution in [2.24, 2.45) is 5.92 Å². The summed E-state index contributed by atoms with van der Waals surface area (Å²) in [6.45, 7) is 2.26. The van der Waals surface area contributed by atoms with E-state index in [9.17, 15) is 9.00 Å². The quantitative estimate of drug-likeness (QED) is 0.406. The van der Waals surface area contributed by atoms with Gasteiger partial charge in [-0.25, -0.2) is 0 Å². The Morgan fingerprint density at radius 3 is 1.88 bits per heavy atom. The topological polar surface area (TPSA) is 34.1 Å². The summed E-state index contributed by atoms with van der Waals surface area (Å²) in [6, 6.07) is 0. The fourth-order valence-electron chi connectivity index (χ4n) is 4.49. The van der Waals surface area contributed by atoms with E-state index >= 15 is 0 Å². The summed E-state index contributed by atoms with van der Waals surface area (Å²) >= 11 is 0. The van der Waals surface area contributed by atoms with Gasteiger partial charge >= 0.3 is 0 Å². The Bertz CT molecular complexity index is 377. The molecular weight excluding hydrogens is 316 g/mol. The van der Waals surface area contributed by atoms with Crippen molar-refractivity contribution in [1.82, 2.24) is 0 Å². The Balaban J connectivity index is 1.49. The molecule has 2 heterocycles. The van der Waals surface area contributed by atoms with E-state index in [1.807, 2.05) is 0 Å². The number of Topliss-reactive ketones (excluding diaryl/α,β-unsaturated/α-hetero) is 1. The molecule has 24 heavy (non-hydrogen) atoms. The number of carbonyl (C=O) groups excluding carboxylic acids is 1. The number of carbonyl (C=O) groups is 1. The summed E-state index contributed by atoms with van der Waals surface area (Å²) in [5, 5.41) is 0.665. The molecule has 2 rings (SSSR count). The Kier molecular flexibility index (Phi) is 9.60. The molecule has 3 heteroatoms. The molecule has 2 fully saturated rings. The molecule has 2 nitrogen and oxygen atoms in total.